The minimum atomic E-state index is -3.90. The predicted molar refractivity (Wildman–Crippen MR) is 115 cm³/mol. The maximum absolute atomic E-state index is 12.9. The summed E-state index contributed by atoms with van der Waals surface area (Å²) in [5.41, 5.74) is 0.0594. The molecule has 1 aliphatic heterocycles. The molecule has 0 radical (unpaired) electrons. The van der Waals surface area contributed by atoms with Crippen molar-refractivity contribution in [2.24, 2.45) is 0 Å². The quantitative estimate of drug-likeness (QED) is 0.159. The van der Waals surface area contributed by atoms with E-state index in [1.165, 1.54) is 28.3 Å². The predicted octanol–water partition coefficient (Wildman–Crippen LogP) is 1.12. The SMILES string of the molecule is C=C(C)C(=O)OCCNC(=O)N1CC#CCN(S(=O)(=O)c2ccc([N+](=O)[O-])cc2)CCC1. The van der Waals surface area contributed by atoms with Crippen LogP contribution in [-0.4, -0.2) is 73.9 Å². The van der Waals surface area contributed by atoms with Crippen molar-refractivity contribution in [1.29, 1.82) is 0 Å². The van der Waals surface area contributed by atoms with Gasteiger partial charge >= 0.3 is 12.0 Å². The third-order valence-corrected chi connectivity index (χ3v) is 6.28. The molecule has 12 heteroatoms. The molecule has 0 atom stereocenters. The molecule has 2 amide bonds. The van der Waals surface area contributed by atoms with E-state index in [1.807, 2.05) is 0 Å². The third-order valence-electron chi connectivity index (χ3n) is 4.42. The molecule has 172 valence electrons. The van der Waals surface area contributed by atoms with Crippen LogP contribution in [0.1, 0.15) is 13.3 Å². The van der Waals surface area contributed by atoms with Crippen LogP contribution in [0.25, 0.3) is 0 Å². The van der Waals surface area contributed by atoms with Crippen LogP contribution < -0.4 is 5.32 Å². The smallest absolute Gasteiger partial charge is 0.333 e. The summed E-state index contributed by atoms with van der Waals surface area (Å²) in [4.78, 5) is 35.2. The summed E-state index contributed by atoms with van der Waals surface area (Å²) >= 11 is 0. The number of hydrogen-bond donors (Lipinski definition) is 1. The zero-order valence-corrected chi connectivity index (χ0v) is 18.4. The molecule has 11 nitrogen and oxygen atoms in total. The van der Waals surface area contributed by atoms with E-state index in [2.05, 4.69) is 23.7 Å². The Hall–Kier alpha value is -3.43. The third kappa shape index (κ3) is 6.79. The van der Waals surface area contributed by atoms with Crippen molar-refractivity contribution in [2.75, 3.05) is 39.3 Å². The van der Waals surface area contributed by atoms with Crippen LogP contribution in [0.2, 0.25) is 0 Å². The van der Waals surface area contributed by atoms with Gasteiger partial charge in [-0.1, -0.05) is 18.4 Å². The number of non-ortho nitro benzene ring substituents is 1. The lowest BCUT2D eigenvalue weighted by Gasteiger charge is -2.22. The van der Waals surface area contributed by atoms with Crippen LogP contribution in [0.3, 0.4) is 0 Å². The number of benzene rings is 1. The van der Waals surface area contributed by atoms with Gasteiger partial charge in [-0.2, -0.15) is 4.31 Å². The lowest BCUT2D eigenvalue weighted by Crippen LogP contribution is -2.42. The van der Waals surface area contributed by atoms with Crippen molar-refractivity contribution >= 4 is 27.7 Å². The Kier molecular flexibility index (Phi) is 8.74. The number of carbonyl (C=O) groups is 2. The average Bonchev–Trinajstić information content (AvgIpc) is 2.88. The van der Waals surface area contributed by atoms with Crippen LogP contribution in [0.15, 0.2) is 41.3 Å². The number of nitrogens with one attached hydrogen (secondary N) is 1. The van der Waals surface area contributed by atoms with Gasteiger partial charge in [-0.05, 0) is 25.5 Å². The average molecular weight is 465 g/mol. The molecule has 0 unspecified atom stereocenters. The fraction of sp³-hybridized carbons (Fsp3) is 0.400. The van der Waals surface area contributed by atoms with Gasteiger partial charge in [-0.3, -0.25) is 10.1 Å². The van der Waals surface area contributed by atoms with Gasteiger partial charge < -0.3 is 15.0 Å². The van der Waals surface area contributed by atoms with Crippen molar-refractivity contribution in [3.8, 4) is 11.8 Å². The highest BCUT2D eigenvalue weighted by Gasteiger charge is 2.25. The van der Waals surface area contributed by atoms with Crippen molar-refractivity contribution in [3.05, 3.63) is 46.5 Å². The molecule has 0 saturated carbocycles. The first-order chi connectivity index (χ1) is 15.1. The summed E-state index contributed by atoms with van der Waals surface area (Å²) in [5.74, 6) is 4.99. The van der Waals surface area contributed by atoms with Crippen LogP contribution >= 0.6 is 0 Å². The Bertz CT molecular complexity index is 1040. The molecule has 0 fully saturated rings. The highest BCUT2D eigenvalue weighted by atomic mass is 32.2. The van der Waals surface area contributed by atoms with E-state index < -0.39 is 26.9 Å². The summed E-state index contributed by atoms with van der Waals surface area (Å²) in [7, 11) is -3.90. The number of nitro benzene ring substituents is 1. The van der Waals surface area contributed by atoms with Gasteiger partial charge in [0.25, 0.3) is 5.69 Å². The number of esters is 1. The number of nitro groups is 1. The lowest BCUT2D eigenvalue weighted by atomic mass is 10.3. The molecule has 32 heavy (non-hydrogen) atoms. The van der Waals surface area contributed by atoms with Crippen molar-refractivity contribution in [3.63, 3.8) is 0 Å². The molecule has 0 bridgehead atoms. The molecule has 1 aromatic rings. The molecule has 0 aliphatic carbocycles. The molecule has 1 aromatic carbocycles. The number of rotatable bonds is 7. The molecule has 0 saturated heterocycles. The van der Waals surface area contributed by atoms with E-state index in [0.29, 0.717) is 6.42 Å². The zero-order valence-electron chi connectivity index (χ0n) is 17.6. The second-order valence-corrected chi connectivity index (χ2v) is 8.80. The second kappa shape index (κ2) is 11.3. The van der Waals surface area contributed by atoms with E-state index in [0.717, 1.165) is 12.1 Å². The lowest BCUT2D eigenvalue weighted by molar-refractivity contribution is -0.384. The molecule has 2 rings (SSSR count). The van der Waals surface area contributed by atoms with Crippen LogP contribution in [-0.2, 0) is 19.6 Å². The summed E-state index contributed by atoms with van der Waals surface area (Å²) in [5, 5.41) is 13.4. The number of amides is 2. The van der Waals surface area contributed by atoms with E-state index in [-0.39, 0.29) is 55.5 Å². The second-order valence-electron chi connectivity index (χ2n) is 6.87. The van der Waals surface area contributed by atoms with Gasteiger partial charge in [-0.25, -0.2) is 18.0 Å². The Morgan fingerprint density at radius 2 is 1.88 bits per heavy atom. The maximum atomic E-state index is 12.9. The first kappa shape index (κ1) is 24.8. The molecule has 0 spiro atoms. The fourth-order valence-corrected chi connectivity index (χ4v) is 4.08. The fourth-order valence-electron chi connectivity index (χ4n) is 2.70. The Balaban J connectivity index is 1.93. The number of carbonyl (C=O) groups excluding carboxylic acids is 2. The number of nitrogens with zero attached hydrogens (tertiary/aromatic N) is 3. The molecule has 1 aliphatic rings. The molecule has 0 aromatic heterocycles. The summed E-state index contributed by atoms with van der Waals surface area (Å²) in [6.45, 7) is 5.53. The summed E-state index contributed by atoms with van der Waals surface area (Å²) < 4.78 is 31.9. The van der Waals surface area contributed by atoms with Crippen LogP contribution in [0.5, 0.6) is 0 Å². The molecule has 1 N–H and O–H groups in total. The van der Waals surface area contributed by atoms with Crippen molar-refractivity contribution in [1.82, 2.24) is 14.5 Å². The van der Waals surface area contributed by atoms with Crippen LogP contribution in [0.4, 0.5) is 10.5 Å². The first-order valence-electron chi connectivity index (χ1n) is 9.68. The Labute approximate surface area is 186 Å². The van der Waals surface area contributed by atoms with E-state index in [4.69, 9.17) is 4.74 Å². The van der Waals surface area contributed by atoms with Crippen molar-refractivity contribution < 1.29 is 27.7 Å². The normalized spacial score (nSPS) is 14.7. The number of urea groups is 1. The van der Waals surface area contributed by atoms with E-state index in [1.54, 1.807) is 0 Å². The Morgan fingerprint density at radius 1 is 1.22 bits per heavy atom. The highest BCUT2D eigenvalue weighted by molar-refractivity contribution is 7.89. The largest absolute Gasteiger partial charge is 0.460 e. The van der Waals surface area contributed by atoms with Gasteiger partial charge in [0, 0.05) is 30.8 Å². The highest BCUT2D eigenvalue weighted by Crippen LogP contribution is 2.20. The monoisotopic (exact) mass is 464 g/mol. The summed E-state index contributed by atoms with van der Waals surface area (Å²) in [6.07, 6.45) is 0.355. The van der Waals surface area contributed by atoms with Gasteiger partial charge in [0.15, 0.2) is 0 Å². The summed E-state index contributed by atoms with van der Waals surface area (Å²) in [6, 6.07) is 4.24. The standard InChI is InChI=1S/C20H24N4O7S/c1-16(2)19(25)31-15-10-21-20(26)22-11-3-4-13-23(14-5-12-22)32(29,30)18-8-6-17(7-9-18)24(27)28/h6-9H,1,5,10-15H2,2H3,(H,21,26). The molecular weight excluding hydrogens is 440 g/mol. The van der Waals surface area contributed by atoms with E-state index >= 15 is 0 Å². The molecular formula is C20H24N4O7S. The van der Waals surface area contributed by atoms with Gasteiger partial charge in [0.05, 0.1) is 29.5 Å². The van der Waals surface area contributed by atoms with Gasteiger partial charge in [0.2, 0.25) is 10.0 Å². The number of ether oxygens (including phenoxy) is 1. The number of hydrogen-bond acceptors (Lipinski definition) is 7. The minimum absolute atomic E-state index is 0.00178. The van der Waals surface area contributed by atoms with Crippen LogP contribution in [0, 0.1) is 22.0 Å². The topological polar surface area (TPSA) is 139 Å². The van der Waals surface area contributed by atoms with Gasteiger partial charge in [-0.15, -0.1) is 0 Å². The first-order valence-corrected chi connectivity index (χ1v) is 11.1. The molecule has 1 heterocycles. The maximum Gasteiger partial charge on any atom is 0.333 e. The zero-order chi connectivity index (χ0) is 23.7. The minimum Gasteiger partial charge on any atom is -0.460 e. The van der Waals surface area contributed by atoms with Crippen molar-refractivity contribution in [2.45, 2.75) is 18.2 Å². The van der Waals surface area contributed by atoms with Gasteiger partial charge in [0.1, 0.15) is 6.61 Å². The number of sulfonamides is 1. The Morgan fingerprint density at radius 3 is 2.50 bits per heavy atom. The van der Waals surface area contributed by atoms with E-state index in [9.17, 15) is 28.1 Å².